The maximum atomic E-state index is 12.5. The fraction of sp³-hybridized carbons (Fsp3) is 0.250. The van der Waals surface area contributed by atoms with Crippen LogP contribution in [0.1, 0.15) is 29.8 Å². The molecule has 0 saturated heterocycles. The van der Waals surface area contributed by atoms with Crippen molar-refractivity contribution in [1.29, 1.82) is 0 Å². The van der Waals surface area contributed by atoms with Gasteiger partial charge in [0.15, 0.2) is 4.67 Å². The smallest absolute Gasteiger partial charge is 0.338 e. The maximum Gasteiger partial charge on any atom is 0.338 e. The Morgan fingerprint density at radius 1 is 1.16 bits per heavy atom. The van der Waals surface area contributed by atoms with Crippen molar-refractivity contribution >= 4 is 48.6 Å². The van der Waals surface area contributed by atoms with E-state index in [1.807, 2.05) is 44.2 Å². The number of fused-ring (bicyclic) bond motifs is 1. The Hall–Kier alpha value is -1.59. The van der Waals surface area contributed by atoms with Gasteiger partial charge >= 0.3 is 5.97 Å². The average molecular weight is 466 g/mol. The monoisotopic (exact) mass is 464 g/mol. The first-order valence-electron chi connectivity index (χ1n) is 8.04. The van der Waals surface area contributed by atoms with Crippen LogP contribution in [0, 0.1) is 5.92 Å². The summed E-state index contributed by atoms with van der Waals surface area (Å²) >= 11 is 6.96. The number of benzene rings is 2. The molecular formula is C20H18Br2O3. The second-order valence-electron chi connectivity index (χ2n) is 6.26. The van der Waals surface area contributed by atoms with Crippen LogP contribution < -0.4 is 0 Å². The van der Waals surface area contributed by atoms with Gasteiger partial charge in [-0.1, -0.05) is 60.1 Å². The van der Waals surface area contributed by atoms with Gasteiger partial charge in [0, 0.05) is 21.7 Å². The first-order chi connectivity index (χ1) is 12.0. The highest BCUT2D eigenvalue weighted by molar-refractivity contribution is 9.10. The largest absolute Gasteiger partial charge is 0.462 e. The van der Waals surface area contributed by atoms with Crippen molar-refractivity contribution in [3.63, 3.8) is 0 Å². The van der Waals surface area contributed by atoms with Crippen molar-refractivity contribution in [2.24, 2.45) is 5.92 Å². The van der Waals surface area contributed by atoms with E-state index in [0.29, 0.717) is 22.6 Å². The lowest BCUT2D eigenvalue weighted by Crippen LogP contribution is -2.11. The van der Waals surface area contributed by atoms with Crippen LogP contribution in [-0.4, -0.2) is 12.6 Å². The zero-order valence-electron chi connectivity index (χ0n) is 14.0. The number of halogens is 2. The van der Waals surface area contributed by atoms with Crippen LogP contribution in [-0.2, 0) is 10.1 Å². The van der Waals surface area contributed by atoms with Gasteiger partial charge in [-0.3, -0.25) is 0 Å². The number of esters is 1. The quantitative estimate of drug-likeness (QED) is 0.316. The molecule has 3 nitrogen and oxygen atoms in total. The standard InChI is InChI=1S/C20H18Br2O3/c1-12(2)11-24-20(23)16-6-4-3-5-14(16)18-15-8-7-13(10-21)9-17(15)19(22)25-18/h3-9,12H,10-11H2,1-2H3. The molecule has 0 bridgehead atoms. The molecule has 0 saturated carbocycles. The highest BCUT2D eigenvalue weighted by Gasteiger charge is 2.20. The first-order valence-corrected chi connectivity index (χ1v) is 9.96. The number of carbonyl (C=O) groups is 1. The number of hydrogen-bond donors (Lipinski definition) is 0. The predicted molar refractivity (Wildman–Crippen MR) is 107 cm³/mol. The molecule has 2 aromatic carbocycles. The molecule has 25 heavy (non-hydrogen) atoms. The summed E-state index contributed by atoms with van der Waals surface area (Å²) < 4.78 is 12.0. The van der Waals surface area contributed by atoms with E-state index in [1.54, 1.807) is 6.07 Å². The zero-order valence-corrected chi connectivity index (χ0v) is 17.2. The van der Waals surface area contributed by atoms with E-state index in [-0.39, 0.29) is 11.9 Å². The maximum absolute atomic E-state index is 12.5. The third-order valence-electron chi connectivity index (χ3n) is 3.83. The number of carbonyl (C=O) groups excluding carboxylic acids is 1. The van der Waals surface area contributed by atoms with Crippen LogP contribution >= 0.6 is 31.9 Å². The molecule has 0 aliphatic heterocycles. The highest BCUT2D eigenvalue weighted by atomic mass is 79.9. The molecule has 0 radical (unpaired) electrons. The van der Waals surface area contributed by atoms with Gasteiger partial charge < -0.3 is 9.15 Å². The summed E-state index contributed by atoms with van der Waals surface area (Å²) in [5, 5.41) is 2.71. The summed E-state index contributed by atoms with van der Waals surface area (Å²) in [7, 11) is 0. The van der Waals surface area contributed by atoms with Crippen molar-refractivity contribution in [3.05, 3.63) is 58.3 Å². The molecule has 1 aromatic heterocycles. The molecule has 3 rings (SSSR count). The minimum absolute atomic E-state index is 0.289. The number of hydrogen-bond acceptors (Lipinski definition) is 3. The van der Waals surface area contributed by atoms with Crippen molar-refractivity contribution in [2.45, 2.75) is 19.2 Å². The fourth-order valence-electron chi connectivity index (χ4n) is 2.61. The van der Waals surface area contributed by atoms with Crippen molar-refractivity contribution in [1.82, 2.24) is 0 Å². The van der Waals surface area contributed by atoms with E-state index in [1.165, 1.54) is 0 Å². The van der Waals surface area contributed by atoms with Crippen LogP contribution in [0.5, 0.6) is 0 Å². The molecule has 0 atom stereocenters. The Kier molecular flexibility index (Phi) is 5.64. The topological polar surface area (TPSA) is 39.4 Å². The molecular weight excluding hydrogens is 448 g/mol. The molecule has 3 aromatic rings. The van der Waals surface area contributed by atoms with Gasteiger partial charge in [-0.05, 0) is 39.5 Å². The van der Waals surface area contributed by atoms with Crippen molar-refractivity contribution in [3.8, 4) is 11.3 Å². The zero-order chi connectivity index (χ0) is 18.0. The van der Waals surface area contributed by atoms with Gasteiger partial charge in [-0.25, -0.2) is 4.79 Å². The Morgan fingerprint density at radius 2 is 1.92 bits per heavy atom. The van der Waals surface area contributed by atoms with Crippen LogP contribution in [0.25, 0.3) is 22.1 Å². The predicted octanol–water partition coefficient (Wildman–Crippen LogP) is 6.57. The summed E-state index contributed by atoms with van der Waals surface area (Å²) in [6.45, 7) is 4.42. The van der Waals surface area contributed by atoms with E-state index < -0.39 is 0 Å². The molecule has 1 heterocycles. The van der Waals surface area contributed by atoms with E-state index in [9.17, 15) is 4.79 Å². The highest BCUT2D eigenvalue weighted by Crippen LogP contribution is 2.39. The number of furan rings is 1. The number of ether oxygens (including phenoxy) is 1. The van der Waals surface area contributed by atoms with E-state index >= 15 is 0 Å². The van der Waals surface area contributed by atoms with Crippen LogP contribution in [0.3, 0.4) is 0 Å². The third-order valence-corrected chi connectivity index (χ3v) is 5.06. The molecule has 0 N–H and O–H groups in total. The second kappa shape index (κ2) is 7.75. The van der Waals surface area contributed by atoms with Crippen molar-refractivity contribution < 1.29 is 13.9 Å². The lowest BCUT2D eigenvalue weighted by Gasteiger charge is -2.10. The third kappa shape index (κ3) is 3.82. The SMILES string of the molecule is CC(C)COC(=O)c1ccccc1-c1oc(Br)c2cc(CBr)ccc12. The summed E-state index contributed by atoms with van der Waals surface area (Å²) in [5.41, 5.74) is 2.40. The summed E-state index contributed by atoms with van der Waals surface area (Å²) in [5.74, 6) is 0.625. The summed E-state index contributed by atoms with van der Waals surface area (Å²) in [6.07, 6.45) is 0. The Balaban J connectivity index is 2.08. The minimum atomic E-state index is -0.331. The molecule has 0 unspecified atom stereocenters. The van der Waals surface area contributed by atoms with E-state index in [0.717, 1.165) is 27.2 Å². The molecule has 5 heteroatoms. The van der Waals surface area contributed by atoms with Crippen LogP contribution in [0.15, 0.2) is 51.6 Å². The Bertz CT molecular complexity index is 912. The average Bonchev–Trinajstić information content (AvgIpc) is 2.95. The van der Waals surface area contributed by atoms with E-state index in [4.69, 9.17) is 9.15 Å². The van der Waals surface area contributed by atoms with Crippen molar-refractivity contribution in [2.75, 3.05) is 6.61 Å². The molecule has 0 spiro atoms. The number of alkyl halides is 1. The van der Waals surface area contributed by atoms with Gasteiger partial charge in [0.25, 0.3) is 0 Å². The minimum Gasteiger partial charge on any atom is -0.462 e. The number of rotatable bonds is 5. The van der Waals surface area contributed by atoms with Gasteiger partial charge in [0.2, 0.25) is 0 Å². The van der Waals surface area contributed by atoms with E-state index in [2.05, 4.69) is 37.9 Å². The van der Waals surface area contributed by atoms with Crippen LogP contribution in [0.2, 0.25) is 0 Å². The Morgan fingerprint density at radius 3 is 2.64 bits per heavy atom. The van der Waals surface area contributed by atoms with Gasteiger partial charge in [-0.2, -0.15) is 0 Å². The van der Waals surface area contributed by atoms with Gasteiger partial charge in [-0.15, -0.1) is 0 Å². The lowest BCUT2D eigenvalue weighted by molar-refractivity contribution is 0.0459. The Labute approximate surface area is 163 Å². The van der Waals surface area contributed by atoms with Crippen LogP contribution in [0.4, 0.5) is 0 Å². The molecule has 130 valence electrons. The molecule has 0 fully saturated rings. The molecule has 0 aliphatic rings. The lowest BCUT2D eigenvalue weighted by atomic mass is 10.0. The van der Waals surface area contributed by atoms with Gasteiger partial charge in [0.1, 0.15) is 5.76 Å². The summed E-state index contributed by atoms with van der Waals surface area (Å²) in [4.78, 5) is 12.5. The molecule has 0 amide bonds. The second-order valence-corrected chi connectivity index (χ2v) is 7.54. The fourth-order valence-corrected chi connectivity index (χ4v) is 3.45. The summed E-state index contributed by atoms with van der Waals surface area (Å²) in [6, 6.07) is 13.5. The normalized spacial score (nSPS) is 11.2. The first kappa shape index (κ1) is 18.2. The van der Waals surface area contributed by atoms with Gasteiger partial charge in [0.05, 0.1) is 12.2 Å². The molecule has 0 aliphatic carbocycles.